The Morgan fingerprint density at radius 2 is 2.38 bits per heavy atom. The largest absolute Gasteiger partial charge is 0.469 e. The van der Waals surface area contributed by atoms with Crippen molar-refractivity contribution in [3.8, 4) is 0 Å². The number of rotatable bonds is 4. The maximum Gasteiger partial charge on any atom is 0.308 e. The lowest BCUT2D eigenvalue weighted by atomic mass is 9.95. The minimum Gasteiger partial charge on any atom is -0.469 e. The molecular formula is C12H19NO3. The molecule has 1 heterocycles. The molecule has 0 amide bonds. The number of oxime groups is 1. The van der Waals surface area contributed by atoms with Gasteiger partial charge in [-0.1, -0.05) is 18.5 Å². The first-order chi connectivity index (χ1) is 7.76. The SMILES string of the molecule is CCCCC1=NO[C@H]2C[C@H](C(=O)OC)C[C@@H]12. The van der Waals surface area contributed by atoms with Crippen LogP contribution in [0.25, 0.3) is 0 Å². The summed E-state index contributed by atoms with van der Waals surface area (Å²) in [5.41, 5.74) is 1.15. The van der Waals surface area contributed by atoms with Crippen molar-refractivity contribution in [3.63, 3.8) is 0 Å². The van der Waals surface area contributed by atoms with Gasteiger partial charge >= 0.3 is 5.97 Å². The highest BCUT2D eigenvalue weighted by Crippen LogP contribution is 2.39. The van der Waals surface area contributed by atoms with Crippen LogP contribution in [0.15, 0.2) is 5.16 Å². The Hall–Kier alpha value is -1.06. The third-order valence-electron chi connectivity index (χ3n) is 3.56. The molecule has 0 N–H and O–H groups in total. The molecule has 16 heavy (non-hydrogen) atoms. The molecule has 0 bridgehead atoms. The van der Waals surface area contributed by atoms with E-state index < -0.39 is 0 Å². The molecule has 1 saturated carbocycles. The quantitative estimate of drug-likeness (QED) is 0.689. The lowest BCUT2D eigenvalue weighted by Crippen LogP contribution is -2.16. The average molecular weight is 225 g/mol. The van der Waals surface area contributed by atoms with Crippen molar-refractivity contribution in [2.24, 2.45) is 17.0 Å². The second-order valence-corrected chi connectivity index (χ2v) is 4.63. The van der Waals surface area contributed by atoms with Crippen LogP contribution in [-0.2, 0) is 14.4 Å². The molecule has 0 radical (unpaired) electrons. The van der Waals surface area contributed by atoms with Crippen LogP contribution < -0.4 is 0 Å². The molecule has 0 unspecified atom stereocenters. The van der Waals surface area contributed by atoms with Gasteiger partial charge in [-0.25, -0.2) is 0 Å². The molecule has 0 aromatic rings. The number of methoxy groups -OCH3 is 1. The molecule has 0 aromatic heterocycles. The Morgan fingerprint density at radius 3 is 3.06 bits per heavy atom. The summed E-state index contributed by atoms with van der Waals surface area (Å²) in [6.07, 6.45) is 5.04. The predicted octanol–water partition coefficient (Wildman–Crippen LogP) is 2.13. The smallest absolute Gasteiger partial charge is 0.308 e. The van der Waals surface area contributed by atoms with Gasteiger partial charge < -0.3 is 9.57 Å². The molecule has 2 aliphatic rings. The summed E-state index contributed by atoms with van der Waals surface area (Å²) in [6.45, 7) is 2.17. The van der Waals surface area contributed by atoms with Gasteiger partial charge in [-0.15, -0.1) is 0 Å². The zero-order chi connectivity index (χ0) is 11.5. The first kappa shape index (κ1) is 11.4. The lowest BCUT2D eigenvalue weighted by molar-refractivity contribution is -0.145. The summed E-state index contributed by atoms with van der Waals surface area (Å²) in [5.74, 6) is 0.260. The van der Waals surface area contributed by atoms with Crippen molar-refractivity contribution >= 4 is 11.7 Å². The first-order valence-electron chi connectivity index (χ1n) is 6.06. The number of hydrogen-bond donors (Lipinski definition) is 0. The summed E-state index contributed by atoms with van der Waals surface area (Å²) < 4.78 is 4.78. The molecule has 1 fully saturated rings. The third kappa shape index (κ3) is 2.06. The zero-order valence-corrected chi connectivity index (χ0v) is 9.94. The van der Waals surface area contributed by atoms with Crippen molar-refractivity contribution in [3.05, 3.63) is 0 Å². The van der Waals surface area contributed by atoms with E-state index in [1.807, 2.05) is 0 Å². The maximum absolute atomic E-state index is 11.4. The van der Waals surface area contributed by atoms with Gasteiger partial charge in [0.25, 0.3) is 0 Å². The van der Waals surface area contributed by atoms with Gasteiger partial charge in [0.05, 0.1) is 18.7 Å². The maximum atomic E-state index is 11.4. The van der Waals surface area contributed by atoms with E-state index >= 15 is 0 Å². The van der Waals surface area contributed by atoms with Crippen LogP contribution in [0.5, 0.6) is 0 Å². The molecule has 0 spiro atoms. The number of ether oxygens (including phenoxy) is 1. The second kappa shape index (κ2) is 4.85. The van der Waals surface area contributed by atoms with Gasteiger partial charge in [0.15, 0.2) is 0 Å². The Morgan fingerprint density at radius 1 is 1.56 bits per heavy atom. The third-order valence-corrected chi connectivity index (χ3v) is 3.56. The predicted molar refractivity (Wildman–Crippen MR) is 60.1 cm³/mol. The summed E-state index contributed by atoms with van der Waals surface area (Å²) in [5, 5.41) is 4.14. The van der Waals surface area contributed by atoms with Crippen molar-refractivity contribution in [1.82, 2.24) is 0 Å². The minimum absolute atomic E-state index is 0.00660. The van der Waals surface area contributed by atoms with Crippen molar-refractivity contribution < 1.29 is 14.4 Å². The second-order valence-electron chi connectivity index (χ2n) is 4.63. The van der Waals surface area contributed by atoms with Crippen LogP contribution >= 0.6 is 0 Å². The number of carbonyl (C=O) groups excluding carboxylic acids is 1. The number of nitrogens with zero attached hydrogens (tertiary/aromatic N) is 1. The Bertz CT molecular complexity index is 301. The highest BCUT2D eigenvalue weighted by atomic mass is 16.6. The van der Waals surface area contributed by atoms with Gasteiger partial charge in [-0.05, 0) is 19.3 Å². The molecule has 90 valence electrons. The van der Waals surface area contributed by atoms with Crippen LogP contribution in [0, 0.1) is 11.8 Å². The van der Waals surface area contributed by atoms with Gasteiger partial charge in [-0.3, -0.25) is 4.79 Å². The molecule has 1 aliphatic heterocycles. The normalized spacial score (nSPS) is 31.9. The molecule has 4 heteroatoms. The van der Waals surface area contributed by atoms with Crippen LogP contribution in [0.2, 0.25) is 0 Å². The van der Waals surface area contributed by atoms with Crippen molar-refractivity contribution in [2.45, 2.75) is 45.1 Å². The van der Waals surface area contributed by atoms with E-state index in [0.29, 0.717) is 5.92 Å². The molecule has 2 rings (SSSR count). The highest BCUT2D eigenvalue weighted by Gasteiger charge is 2.45. The summed E-state index contributed by atoms with van der Waals surface area (Å²) in [6, 6.07) is 0. The van der Waals surface area contributed by atoms with Gasteiger partial charge in [0.2, 0.25) is 0 Å². The molecule has 0 aromatic carbocycles. The summed E-state index contributed by atoms with van der Waals surface area (Å²) in [4.78, 5) is 16.8. The van der Waals surface area contributed by atoms with Gasteiger partial charge in [0, 0.05) is 12.3 Å². The Balaban J connectivity index is 1.92. The monoisotopic (exact) mass is 225 g/mol. The fourth-order valence-corrected chi connectivity index (χ4v) is 2.62. The summed E-state index contributed by atoms with van der Waals surface area (Å²) in [7, 11) is 1.45. The number of unbranched alkanes of at least 4 members (excludes halogenated alkanes) is 1. The van der Waals surface area contributed by atoms with Crippen LogP contribution in [0.1, 0.15) is 39.0 Å². The van der Waals surface area contributed by atoms with E-state index in [2.05, 4.69) is 12.1 Å². The Kier molecular flexibility index (Phi) is 3.46. The van der Waals surface area contributed by atoms with Crippen LogP contribution in [0.3, 0.4) is 0 Å². The first-order valence-corrected chi connectivity index (χ1v) is 6.06. The molecular weight excluding hydrogens is 206 g/mol. The van der Waals surface area contributed by atoms with Crippen LogP contribution in [0.4, 0.5) is 0 Å². The number of carbonyl (C=O) groups is 1. The molecule has 3 atom stereocenters. The minimum atomic E-state index is -0.104. The lowest BCUT2D eigenvalue weighted by Gasteiger charge is -2.08. The number of esters is 1. The van der Waals surface area contributed by atoms with Gasteiger partial charge in [0.1, 0.15) is 6.10 Å². The number of hydrogen-bond acceptors (Lipinski definition) is 4. The van der Waals surface area contributed by atoms with E-state index in [0.717, 1.165) is 37.8 Å². The van der Waals surface area contributed by atoms with Crippen molar-refractivity contribution in [2.75, 3.05) is 7.11 Å². The average Bonchev–Trinajstić information content (AvgIpc) is 2.85. The van der Waals surface area contributed by atoms with E-state index in [-0.39, 0.29) is 18.0 Å². The molecule has 0 saturated heterocycles. The van der Waals surface area contributed by atoms with E-state index in [1.54, 1.807) is 0 Å². The molecule has 1 aliphatic carbocycles. The van der Waals surface area contributed by atoms with E-state index in [9.17, 15) is 4.79 Å². The van der Waals surface area contributed by atoms with Gasteiger partial charge in [-0.2, -0.15) is 0 Å². The highest BCUT2D eigenvalue weighted by molar-refractivity contribution is 5.89. The zero-order valence-electron chi connectivity index (χ0n) is 9.94. The summed E-state index contributed by atoms with van der Waals surface area (Å²) >= 11 is 0. The fraction of sp³-hybridized carbons (Fsp3) is 0.833. The topological polar surface area (TPSA) is 47.9 Å². The fourth-order valence-electron chi connectivity index (χ4n) is 2.62. The number of fused-ring (bicyclic) bond motifs is 1. The van der Waals surface area contributed by atoms with E-state index in [1.165, 1.54) is 7.11 Å². The van der Waals surface area contributed by atoms with E-state index in [4.69, 9.17) is 9.57 Å². The standard InChI is InChI=1S/C12H19NO3/c1-3-4-5-10-9-6-8(12(14)15-2)7-11(9)16-13-10/h8-9,11H,3-7H2,1-2H3/t8-,9+,11+/m1/s1. The van der Waals surface area contributed by atoms with Crippen molar-refractivity contribution in [1.29, 1.82) is 0 Å². The van der Waals surface area contributed by atoms with Crippen LogP contribution in [-0.4, -0.2) is 24.9 Å². The molecule has 4 nitrogen and oxygen atoms in total. The Labute approximate surface area is 96.0 Å².